The molecule has 1 aliphatic heterocycles. The number of aryl methyl sites for hydroxylation is 1. The molecule has 65 heavy (non-hydrogen) atoms. The number of rotatable bonds is 23. The van der Waals surface area contributed by atoms with Gasteiger partial charge in [-0.05, 0) is 104 Å². The largest absolute Gasteiger partial charge is 0.495 e. The Bertz CT molecular complexity index is 2380. The second-order valence-corrected chi connectivity index (χ2v) is 16.0. The third-order valence-electron chi connectivity index (χ3n) is 10.7. The molecule has 0 fully saturated rings. The van der Waals surface area contributed by atoms with Crippen LogP contribution >= 0.6 is 0 Å². The van der Waals surface area contributed by atoms with Crippen molar-refractivity contribution in [2.24, 2.45) is 11.7 Å². The lowest BCUT2D eigenvalue weighted by Crippen LogP contribution is -2.54. The molecular weight excluding hydrogens is 833 g/mol. The zero-order chi connectivity index (χ0) is 47.0. The molecule has 0 spiro atoms. The van der Waals surface area contributed by atoms with Crippen LogP contribution < -0.4 is 37.1 Å². The summed E-state index contributed by atoms with van der Waals surface area (Å²) in [5.41, 5.74) is 11.0. The second-order valence-electron chi connectivity index (χ2n) is 16.0. The molecule has 5 rings (SSSR count). The van der Waals surface area contributed by atoms with Crippen LogP contribution in [0, 0.1) is 12.8 Å². The molecule has 1 unspecified atom stereocenters. The minimum atomic E-state index is -1.25. The van der Waals surface area contributed by atoms with E-state index in [1.807, 2.05) is 43.3 Å². The van der Waals surface area contributed by atoms with E-state index in [-0.39, 0.29) is 56.2 Å². The number of hydrogen-bond donors (Lipinski definition) is 7. The van der Waals surface area contributed by atoms with Crippen molar-refractivity contribution in [2.45, 2.75) is 84.3 Å². The Morgan fingerprint density at radius 3 is 2.29 bits per heavy atom. The fourth-order valence-electron chi connectivity index (χ4n) is 7.17. The smallest absolute Gasteiger partial charge is 0.412 e. The Morgan fingerprint density at radius 2 is 1.60 bits per heavy atom. The highest BCUT2D eigenvalue weighted by atomic mass is 16.5. The fourth-order valence-corrected chi connectivity index (χ4v) is 7.17. The van der Waals surface area contributed by atoms with Gasteiger partial charge in [-0.1, -0.05) is 63.2 Å². The Balaban J connectivity index is 1.14. The van der Waals surface area contributed by atoms with Crippen LogP contribution in [0.2, 0.25) is 0 Å². The van der Waals surface area contributed by atoms with Gasteiger partial charge in [-0.15, -0.1) is 0 Å². The number of carbonyl (C=O) groups is 6. The lowest BCUT2D eigenvalue weighted by Gasteiger charge is -2.25. The van der Waals surface area contributed by atoms with Gasteiger partial charge in [0.05, 0.1) is 18.3 Å². The monoisotopic (exact) mass is 890 g/mol. The van der Waals surface area contributed by atoms with E-state index in [2.05, 4.69) is 38.1 Å². The molecule has 17 nitrogen and oxygen atoms in total. The molecule has 0 saturated carbocycles. The van der Waals surface area contributed by atoms with E-state index >= 15 is 0 Å². The highest BCUT2D eigenvalue weighted by Gasteiger charge is 2.29. The summed E-state index contributed by atoms with van der Waals surface area (Å²) in [5.74, 6) is -2.00. The number of unbranched alkanes of at least 4 members (excludes halogenated alkanes) is 2. The first kappa shape index (κ1) is 49.1. The van der Waals surface area contributed by atoms with E-state index in [1.54, 1.807) is 50.2 Å². The van der Waals surface area contributed by atoms with Gasteiger partial charge in [0, 0.05) is 41.9 Å². The molecule has 2 heterocycles. The van der Waals surface area contributed by atoms with E-state index < -0.39 is 36.3 Å². The summed E-state index contributed by atoms with van der Waals surface area (Å²) < 4.78 is 11.0. The number of carbonyl (C=O) groups excluding carboxylic acids is 6. The Kier molecular flexibility index (Phi) is 17.9. The summed E-state index contributed by atoms with van der Waals surface area (Å²) in [6.07, 6.45) is 2.77. The zero-order valence-corrected chi connectivity index (χ0v) is 37.1. The lowest BCUT2D eigenvalue weighted by atomic mass is 9.95. The molecule has 3 atom stereocenters. The number of para-hydroxylation sites is 1. The molecule has 1 aromatic heterocycles. The van der Waals surface area contributed by atoms with Gasteiger partial charge in [-0.3, -0.25) is 50.2 Å². The number of anilines is 2. The minimum absolute atomic E-state index is 0.0869. The maximum Gasteiger partial charge on any atom is 0.412 e. The number of ether oxygens (including phenoxy) is 2. The van der Waals surface area contributed by atoms with Gasteiger partial charge in [0.15, 0.2) is 6.35 Å². The average Bonchev–Trinajstić information content (AvgIpc) is 3.60. The summed E-state index contributed by atoms with van der Waals surface area (Å²) in [4.78, 5) is 82.4. The molecule has 3 aromatic carbocycles. The normalized spacial score (nSPS) is 13.6. The number of benzene rings is 3. The number of amides is 6. The molecule has 344 valence electrons. The molecule has 4 aromatic rings. The number of aliphatic hydroxyl groups is 1. The zero-order valence-electron chi connectivity index (χ0n) is 37.1. The molecule has 6 amide bonds. The van der Waals surface area contributed by atoms with Crippen LogP contribution in [0.25, 0.3) is 16.5 Å². The molecule has 0 aliphatic carbocycles. The maximum atomic E-state index is 13.6. The molecule has 17 heteroatoms. The van der Waals surface area contributed by atoms with Crippen molar-refractivity contribution < 1.29 is 43.3 Å². The van der Waals surface area contributed by atoms with E-state index in [9.17, 15) is 33.9 Å². The Morgan fingerprint density at radius 1 is 0.877 bits per heavy atom. The predicted octanol–water partition coefficient (Wildman–Crippen LogP) is 5.02. The summed E-state index contributed by atoms with van der Waals surface area (Å²) in [7, 11) is 1.50. The third-order valence-corrected chi connectivity index (χ3v) is 10.7. The number of aromatic nitrogens is 1. The van der Waals surface area contributed by atoms with Crippen LogP contribution in [0.3, 0.4) is 0 Å². The van der Waals surface area contributed by atoms with E-state index in [0.29, 0.717) is 48.4 Å². The van der Waals surface area contributed by atoms with Crippen molar-refractivity contribution >= 4 is 63.5 Å². The second kappa shape index (κ2) is 23.7. The Labute approximate surface area is 378 Å². The number of hydrogen-bond acceptors (Lipinski definition) is 12. The van der Waals surface area contributed by atoms with Crippen molar-refractivity contribution in [1.29, 1.82) is 0 Å². The number of nitrogens with zero attached hydrogens (tertiary/aromatic N) is 2. The van der Waals surface area contributed by atoms with Crippen molar-refractivity contribution in [1.82, 2.24) is 25.8 Å². The fraction of sp³-hybridized carbons (Fsp3) is 0.354. The maximum absolute atomic E-state index is 13.6. The first-order chi connectivity index (χ1) is 31.1. The lowest BCUT2D eigenvalue weighted by molar-refractivity contribution is -0.137. The number of pyridine rings is 1. The van der Waals surface area contributed by atoms with Crippen molar-refractivity contribution in [3.63, 3.8) is 0 Å². The first-order valence-electron chi connectivity index (χ1n) is 21.5. The number of nitrogens with one attached hydrogen (secondary N) is 5. The highest BCUT2D eigenvalue weighted by molar-refractivity contribution is 6.12. The molecule has 0 bridgehead atoms. The number of aliphatic hydroxyl groups excluding tert-OH is 1. The molecular formula is C48H58N8O9. The number of nitrogens with two attached hydrogens (primary N) is 1. The predicted molar refractivity (Wildman–Crippen MR) is 247 cm³/mol. The minimum Gasteiger partial charge on any atom is -0.495 e. The third kappa shape index (κ3) is 14.3. The van der Waals surface area contributed by atoms with Gasteiger partial charge in [-0.25, -0.2) is 4.79 Å². The van der Waals surface area contributed by atoms with Crippen LogP contribution in [-0.4, -0.2) is 89.3 Å². The van der Waals surface area contributed by atoms with Gasteiger partial charge in [0.25, 0.3) is 11.8 Å². The van der Waals surface area contributed by atoms with E-state index in [0.717, 1.165) is 38.2 Å². The standard InChI is InChI=1S/C48H58N8O9/c1-29(2)44(55-41(57)15-7-6-10-25-56-42(58)22-23-43(56)59)46(61)53-38(14-11-24-50-47(49)62)45(60)52-34-19-16-32(17-20-34)28-65-48(63)54-39-27-33(18-21-40(39)64-5)31(4)36-26-30(3)51-37-13-9-8-12-35(36)37/h8-9,12-13,16-23,26-27,29,38,44,47,50,62H,4,6-7,10-11,14-15,24-25,28,49H2,1-3,5H3,(H,52,60)(H,53,61)(H,54,63)(H,55,57)/t38-,44-,47?/m0/s1. The summed E-state index contributed by atoms with van der Waals surface area (Å²) >= 11 is 0. The van der Waals surface area contributed by atoms with Gasteiger partial charge in [0.1, 0.15) is 24.4 Å². The number of methoxy groups -OCH3 is 1. The molecule has 8 N–H and O–H groups in total. The number of fused-ring (bicyclic) bond motifs is 1. The van der Waals surface area contributed by atoms with Gasteiger partial charge >= 0.3 is 6.09 Å². The summed E-state index contributed by atoms with van der Waals surface area (Å²) in [5, 5.41) is 24.2. The van der Waals surface area contributed by atoms with Crippen molar-refractivity contribution in [3.05, 3.63) is 114 Å². The number of imide groups is 1. The van der Waals surface area contributed by atoms with Gasteiger partial charge in [0.2, 0.25) is 17.7 Å². The average molecular weight is 891 g/mol. The van der Waals surface area contributed by atoms with E-state index in [1.165, 1.54) is 19.3 Å². The van der Waals surface area contributed by atoms with E-state index in [4.69, 9.17) is 15.2 Å². The van der Waals surface area contributed by atoms with Crippen LogP contribution in [0.4, 0.5) is 16.2 Å². The SMILES string of the molecule is C=C(c1ccc(OC)c(NC(=O)OCc2ccc(NC(=O)[C@H](CCCNC(N)O)NC(=O)[C@@H](NC(=O)CCCCCN3C(=O)C=CC3=O)C(C)C)cc2)c1)c1cc(C)nc2ccccc12. The van der Waals surface area contributed by atoms with Crippen LogP contribution in [0.1, 0.15) is 74.8 Å². The molecule has 1 aliphatic rings. The molecule has 0 radical (unpaired) electrons. The Hall–Kier alpha value is -6.95. The van der Waals surface area contributed by atoms with Crippen molar-refractivity contribution in [2.75, 3.05) is 30.8 Å². The quantitative estimate of drug-likeness (QED) is 0.0295. The van der Waals surface area contributed by atoms with Crippen molar-refractivity contribution in [3.8, 4) is 5.75 Å². The van der Waals surface area contributed by atoms with Gasteiger partial charge in [-0.2, -0.15) is 0 Å². The van der Waals surface area contributed by atoms with Gasteiger partial charge < -0.3 is 30.5 Å². The summed E-state index contributed by atoms with van der Waals surface area (Å²) in [6.45, 7) is 10.3. The van der Waals surface area contributed by atoms with Crippen LogP contribution in [0.5, 0.6) is 5.75 Å². The summed E-state index contributed by atoms with van der Waals surface area (Å²) in [6, 6.07) is 19.9. The van der Waals surface area contributed by atoms with Crippen LogP contribution in [-0.2, 0) is 35.3 Å². The molecule has 0 saturated heterocycles. The topological polar surface area (TPSA) is 243 Å². The first-order valence-corrected chi connectivity index (χ1v) is 21.5. The van der Waals surface area contributed by atoms with Crippen LogP contribution in [0.15, 0.2) is 91.5 Å². The highest BCUT2D eigenvalue weighted by Crippen LogP contribution is 2.33.